The highest BCUT2D eigenvalue weighted by atomic mass is 79.9. The zero-order valence-electron chi connectivity index (χ0n) is 8.01. The average molecular weight is 257 g/mol. The van der Waals surface area contributed by atoms with E-state index in [1.165, 1.54) is 0 Å². The number of aryl methyl sites for hydroxylation is 1. The number of alkyl halides is 1. The van der Waals surface area contributed by atoms with Crippen molar-refractivity contribution in [3.63, 3.8) is 0 Å². The van der Waals surface area contributed by atoms with Crippen LogP contribution in [0.25, 0.3) is 0 Å². The Morgan fingerprint density at radius 3 is 2.93 bits per heavy atom. The third-order valence-electron chi connectivity index (χ3n) is 1.66. The Bertz CT molecular complexity index is 315. The van der Waals surface area contributed by atoms with Crippen molar-refractivity contribution >= 4 is 27.6 Å². The van der Waals surface area contributed by atoms with Gasteiger partial charge in [0.25, 0.3) is 0 Å². The molecular formula is C10H13BrN2O. The fourth-order valence-electron chi connectivity index (χ4n) is 1.06. The number of carbonyl (C=O) groups is 1. The molecule has 4 heteroatoms. The Morgan fingerprint density at radius 2 is 2.29 bits per heavy atom. The lowest BCUT2D eigenvalue weighted by Crippen LogP contribution is -2.30. The van der Waals surface area contributed by atoms with E-state index in [1.54, 1.807) is 0 Å². The largest absolute Gasteiger partial charge is 0.337 e. The molecule has 0 aliphatic heterocycles. The highest BCUT2D eigenvalue weighted by Crippen LogP contribution is 2.08. The Hall–Kier alpha value is -1.03. The minimum absolute atomic E-state index is 0.171. The first-order chi connectivity index (χ1) is 6.72. The average Bonchev–Trinajstić information content (AvgIpc) is 2.15. The van der Waals surface area contributed by atoms with E-state index in [4.69, 9.17) is 0 Å². The number of benzene rings is 1. The van der Waals surface area contributed by atoms with Crippen LogP contribution in [0.5, 0.6) is 0 Å². The Kier molecular flexibility index (Phi) is 4.46. The summed E-state index contributed by atoms with van der Waals surface area (Å²) in [6.45, 7) is 2.61. The molecule has 0 fully saturated rings. The number of anilines is 1. The minimum Gasteiger partial charge on any atom is -0.337 e. The molecule has 0 aromatic heterocycles. The van der Waals surface area contributed by atoms with E-state index in [9.17, 15) is 4.79 Å². The number of hydrogen-bond acceptors (Lipinski definition) is 1. The van der Waals surface area contributed by atoms with E-state index < -0.39 is 0 Å². The Morgan fingerprint density at radius 1 is 1.50 bits per heavy atom. The van der Waals surface area contributed by atoms with Gasteiger partial charge in [-0.3, -0.25) is 0 Å². The predicted molar refractivity (Wildman–Crippen MR) is 62.0 cm³/mol. The third kappa shape index (κ3) is 3.79. The van der Waals surface area contributed by atoms with E-state index in [1.807, 2.05) is 31.2 Å². The van der Waals surface area contributed by atoms with Crippen molar-refractivity contribution in [2.75, 3.05) is 17.2 Å². The van der Waals surface area contributed by atoms with Crippen molar-refractivity contribution in [2.24, 2.45) is 0 Å². The van der Waals surface area contributed by atoms with Crippen molar-refractivity contribution in [3.8, 4) is 0 Å². The molecule has 1 aromatic rings. The smallest absolute Gasteiger partial charge is 0.319 e. The maximum atomic E-state index is 11.2. The molecule has 1 rings (SSSR count). The molecule has 2 N–H and O–H groups in total. The van der Waals surface area contributed by atoms with Crippen LogP contribution in [0.15, 0.2) is 24.3 Å². The second-order valence-electron chi connectivity index (χ2n) is 2.94. The van der Waals surface area contributed by atoms with Crippen LogP contribution >= 0.6 is 15.9 Å². The Balaban J connectivity index is 2.47. The zero-order chi connectivity index (χ0) is 10.4. The summed E-state index contributed by atoms with van der Waals surface area (Å²) in [6.07, 6.45) is 0. The van der Waals surface area contributed by atoms with E-state index in [2.05, 4.69) is 26.6 Å². The maximum absolute atomic E-state index is 11.2. The number of rotatable bonds is 3. The molecule has 0 unspecified atom stereocenters. The summed E-state index contributed by atoms with van der Waals surface area (Å²) in [4.78, 5) is 11.2. The number of hydrogen-bond donors (Lipinski definition) is 2. The first-order valence-corrected chi connectivity index (χ1v) is 5.52. The van der Waals surface area contributed by atoms with Crippen molar-refractivity contribution < 1.29 is 4.79 Å². The monoisotopic (exact) mass is 256 g/mol. The summed E-state index contributed by atoms with van der Waals surface area (Å²) in [5.74, 6) is 0. The summed E-state index contributed by atoms with van der Waals surface area (Å²) in [7, 11) is 0. The van der Waals surface area contributed by atoms with E-state index in [-0.39, 0.29) is 6.03 Å². The number of urea groups is 1. The van der Waals surface area contributed by atoms with Gasteiger partial charge < -0.3 is 10.6 Å². The van der Waals surface area contributed by atoms with Crippen LogP contribution in [0.4, 0.5) is 10.5 Å². The molecule has 0 saturated carbocycles. The quantitative estimate of drug-likeness (QED) is 0.802. The molecule has 2 amide bonds. The second-order valence-corrected chi connectivity index (χ2v) is 3.73. The van der Waals surface area contributed by atoms with Gasteiger partial charge in [-0.05, 0) is 24.6 Å². The lowest BCUT2D eigenvalue weighted by atomic mass is 10.2. The second kappa shape index (κ2) is 5.65. The number of amides is 2. The maximum Gasteiger partial charge on any atom is 0.319 e. The van der Waals surface area contributed by atoms with Gasteiger partial charge in [-0.1, -0.05) is 28.1 Å². The summed E-state index contributed by atoms with van der Waals surface area (Å²) in [6, 6.07) is 7.51. The highest BCUT2D eigenvalue weighted by molar-refractivity contribution is 9.09. The van der Waals surface area contributed by atoms with Crippen LogP contribution < -0.4 is 10.6 Å². The van der Waals surface area contributed by atoms with Gasteiger partial charge in [0, 0.05) is 17.6 Å². The summed E-state index contributed by atoms with van der Waals surface area (Å²) in [5, 5.41) is 6.21. The highest BCUT2D eigenvalue weighted by Gasteiger charge is 1.99. The van der Waals surface area contributed by atoms with Crippen molar-refractivity contribution in [2.45, 2.75) is 6.92 Å². The number of nitrogens with one attached hydrogen (secondary N) is 2. The van der Waals surface area contributed by atoms with Gasteiger partial charge in [-0.2, -0.15) is 0 Å². The van der Waals surface area contributed by atoms with Crippen LogP contribution in [0, 0.1) is 6.92 Å². The summed E-state index contributed by atoms with van der Waals surface area (Å²) < 4.78 is 0. The lowest BCUT2D eigenvalue weighted by molar-refractivity contribution is 0.252. The lowest BCUT2D eigenvalue weighted by Gasteiger charge is -2.06. The molecule has 0 radical (unpaired) electrons. The van der Waals surface area contributed by atoms with Crippen LogP contribution in [-0.2, 0) is 0 Å². The standard InChI is InChI=1S/C10H13BrN2O/c1-8-3-2-4-9(7-8)13-10(14)12-6-5-11/h2-4,7H,5-6H2,1H3,(H2,12,13,14). The predicted octanol–water partition coefficient (Wildman–Crippen LogP) is 2.51. The third-order valence-corrected chi connectivity index (χ3v) is 2.05. The fraction of sp³-hybridized carbons (Fsp3) is 0.300. The van der Waals surface area contributed by atoms with Crippen LogP contribution in [0.2, 0.25) is 0 Å². The van der Waals surface area contributed by atoms with Gasteiger partial charge in [0.1, 0.15) is 0 Å². The SMILES string of the molecule is Cc1cccc(NC(=O)NCCBr)c1. The van der Waals surface area contributed by atoms with E-state index in [0.29, 0.717) is 6.54 Å². The van der Waals surface area contributed by atoms with Gasteiger partial charge in [0.05, 0.1) is 0 Å². The molecule has 1 aromatic carbocycles. The van der Waals surface area contributed by atoms with Crippen LogP contribution in [0.3, 0.4) is 0 Å². The van der Waals surface area contributed by atoms with Crippen LogP contribution in [-0.4, -0.2) is 17.9 Å². The summed E-state index contributed by atoms with van der Waals surface area (Å²) >= 11 is 3.23. The molecule has 76 valence electrons. The van der Waals surface area contributed by atoms with Gasteiger partial charge in [-0.25, -0.2) is 4.79 Å². The molecule has 0 atom stereocenters. The number of carbonyl (C=O) groups excluding carboxylic acids is 1. The van der Waals surface area contributed by atoms with Gasteiger partial charge in [0.15, 0.2) is 0 Å². The molecule has 0 heterocycles. The molecular weight excluding hydrogens is 244 g/mol. The van der Waals surface area contributed by atoms with Gasteiger partial charge in [-0.15, -0.1) is 0 Å². The molecule has 0 aliphatic rings. The molecule has 3 nitrogen and oxygen atoms in total. The van der Waals surface area contributed by atoms with Gasteiger partial charge in [0.2, 0.25) is 0 Å². The van der Waals surface area contributed by atoms with E-state index >= 15 is 0 Å². The Labute approximate surface area is 92.0 Å². The van der Waals surface area contributed by atoms with Crippen molar-refractivity contribution in [1.29, 1.82) is 0 Å². The fourth-order valence-corrected chi connectivity index (χ4v) is 1.26. The number of halogens is 1. The minimum atomic E-state index is -0.171. The van der Waals surface area contributed by atoms with E-state index in [0.717, 1.165) is 16.6 Å². The normalized spacial score (nSPS) is 9.57. The first-order valence-electron chi connectivity index (χ1n) is 4.40. The molecule has 0 spiro atoms. The van der Waals surface area contributed by atoms with Crippen molar-refractivity contribution in [1.82, 2.24) is 5.32 Å². The van der Waals surface area contributed by atoms with Crippen molar-refractivity contribution in [3.05, 3.63) is 29.8 Å². The van der Waals surface area contributed by atoms with Gasteiger partial charge >= 0.3 is 6.03 Å². The molecule has 0 saturated heterocycles. The molecule has 14 heavy (non-hydrogen) atoms. The topological polar surface area (TPSA) is 41.1 Å². The zero-order valence-corrected chi connectivity index (χ0v) is 9.60. The molecule has 0 bridgehead atoms. The molecule has 0 aliphatic carbocycles. The van der Waals surface area contributed by atoms with Crippen LogP contribution in [0.1, 0.15) is 5.56 Å². The summed E-state index contributed by atoms with van der Waals surface area (Å²) in [5.41, 5.74) is 1.94. The first kappa shape index (κ1) is 11.0.